The van der Waals surface area contributed by atoms with Crippen LogP contribution in [0.4, 0.5) is 5.82 Å². The molecule has 0 aliphatic carbocycles. The number of aryl methyl sites for hydroxylation is 1. The molecule has 0 spiro atoms. The van der Waals surface area contributed by atoms with E-state index in [4.69, 9.17) is 5.73 Å². The van der Waals surface area contributed by atoms with Gasteiger partial charge in [0.25, 0.3) is 5.91 Å². The molecule has 0 bridgehead atoms. The number of likely N-dealkylation sites (N-methyl/N-ethyl adjacent to an activating group) is 1. The summed E-state index contributed by atoms with van der Waals surface area (Å²) in [6.07, 6.45) is 4.02. The lowest BCUT2D eigenvalue weighted by atomic mass is 10.0. The third-order valence-electron chi connectivity index (χ3n) is 3.71. The fourth-order valence-corrected chi connectivity index (χ4v) is 2.75. The first kappa shape index (κ1) is 13.8. The summed E-state index contributed by atoms with van der Waals surface area (Å²) in [5.41, 5.74) is 6.96. The molecule has 5 heteroatoms. The molecule has 5 nitrogen and oxygen atoms in total. The van der Waals surface area contributed by atoms with Crippen LogP contribution in [0.25, 0.3) is 0 Å². The van der Waals surface area contributed by atoms with E-state index in [0.717, 1.165) is 43.9 Å². The van der Waals surface area contributed by atoms with Crippen LogP contribution in [0.15, 0.2) is 12.3 Å². The summed E-state index contributed by atoms with van der Waals surface area (Å²) in [5, 5.41) is 3.40. The predicted molar refractivity (Wildman–Crippen MR) is 76.4 cm³/mol. The van der Waals surface area contributed by atoms with Gasteiger partial charge in [-0.1, -0.05) is 0 Å². The summed E-state index contributed by atoms with van der Waals surface area (Å²) < 4.78 is 0. The lowest BCUT2D eigenvalue weighted by Gasteiger charge is -2.35. The van der Waals surface area contributed by atoms with Crippen molar-refractivity contribution >= 4 is 11.7 Å². The number of primary amides is 1. The predicted octanol–water partition coefficient (Wildman–Crippen LogP) is 1.07. The largest absolute Gasteiger partial charge is 0.365 e. The van der Waals surface area contributed by atoms with Crippen molar-refractivity contribution in [3.63, 3.8) is 0 Å². The number of hydrogen-bond acceptors (Lipinski definition) is 4. The van der Waals surface area contributed by atoms with Crippen LogP contribution >= 0.6 is 0 Å². The SMILES string of the molecule is CCN(c1nccc(C)c1C(N)=O)C1CCCNC1. The van der Waals surface area contributed by atoms with Gasteiger partial charge in [0.15, 0.2) is 0 Å². The zero-order valence-electron chi connectivity index (χ0n) is 11.6. The summed E-state index contributed by atoms with van der Waals surface area (Å²) in [4.78, 5) is 18.3. The molecule has 1 aliphatic rings. The number of aromatic nitrogens is 1. The van der Waals surface area contributed by atoms with Gasteiger partial charge < -0.3 is 16.0 Å². The first-order chi connectivity index (χ1) is 9.15. The number of pyridine rings is 1. The number of hydrogen-bond donors (Lipinski definition) is 2. The van der Waals surface area contributed by atoms with Gasteiger partial charge in [0.1, 0.15) is 5.82 Å². The maximum atomic E-state index is 11.7. The van der Waals surface area contributed by atoms with Crippen LogP contribution in [-0.2, 0) is 0 Å². The molecule has 1 atom stereocenters. The Bertz CT molecular complexity index is 455. The highest BCUT2D eigenvalue weighted by atomic mass is 16.1. The van der Waals surface area contributed by atoms with E-state index in [-0.39, 0.29) is 0 Å². The number of nitrogens with one attached hydrogen (secondary N) is 1. The molecule has 2 heterocycles. The van der Waals surface area contributed by atoms with E-state index in [1.165, 1.54) is 0 Å². The Balaban J connectivity index is 2.37. The van der Waals surface area contributed by atoms with Gasteiger partial charge in [-0.25, -0.2) is 4.98 Å². The van der Waals surface area contributed by atoms with Crippen LogP contribution < -0.4 is 16.0 Å². The Morgan fingerprint density at radius 3 is 3.00 bits per heavy atom. The van der Waals surface area contributed by atoms with Crippen molar-refractivity contribution in [3.8, 4) is 0 Å². The number of carbonyl (C=O) groups excluding carboxylic acids is 1. The second-order valence-electron chi connectivity index (χ2n) is 4.98. The van der Waals surface area contributed by atoms with Crippen LogP contribution in [-0.4, -0.2) is 36.6 Å². The maximum absolute atomic E-state index is 11.7. The number of anilines is 1. The van der Waals surface area contributed by atoms with E-state index >= 15 is 0 Å². The van der Waals surface area contributed by atoms with Crippen molar-refractivity contribution in [3.05, 3.63) is 23.4 Å². The Morgan fingerprint density at radius 1 is 1.63 bits per heavy atom. The van der Waals surface area contributed by atoms with E-state index in [1.807, 2.05) is 13.0 Å². The van der Waals surface area contributed by atoms with Crippen molar-refractivity contribution in [2.45, 2.75) is 32.7 Å². The normalized spacial score (nSPS) is 19.2. The van der Waals surface area contributed by atoms with E-state index < -0.39 is 5.91 Å². The van der Waals surface area contributed by atoms with Crippen LogP contribution in [0.5, 0.6) is 0 Å². The molecule has 0 aromatic carbocycles. The number of rotatable bonds is 4. The van der Waals surface area contributed by atoms with Crippen molar-refractivity contribution in [2.24, 2.45) is 5.73 Å². The Hall–Kier alpha value is -1.62. The van der Waals surface area contributed by atoms with Crippen molar-refractivity contribution < 1.29 is 4.79 Å². The summed E-state index contributed by atoms with van der Waals surface area (Å²) in [6.45, 7) is 6.81. The fraction of sp³-hybridized carbons (Fsp3) is 0.571. The highest BCUT2D eigenvalue weighted by molar-refractivity contribution is 5.99. The third kappa shape index (κ3) is 2.87. The maximum Gasteiger partial charge on any atom is 0.252 e. The zero-order valence-corrected chi connectivity index (χ0v) is 11.6. The molecule has 1 amide bonds. The first-order valence-corrected chi connectivity index (χ1v) is 6.88. The van der Waals surface area contributed by atoms with Crippen LogP contribution in [0.3, 0.4) is 0 Å². The summed E-state index contributed by atoms with van der Waals surface area (Å²) in [5.74, 6) is 0.325. The molecule has 1 aromatic heterocycles. The molecule has 1 unspecified atom stereocenters. The molecule has 3 N–H and O–H groups in total. The second-order valence-corrected chi connectivity index (χ2v) is 4.98. The first-order valence-electron chi connectivity index (χ1n) is 6.88. The number of nitrogens with two attached hydrogens (primary N) is 1. The monoisotopic (exact) mass is 262 g/mol. The second kappa shape index (κ2) is 6.02. The minimum atomic E-state index is -0.400. The molecule has 104 valence electrons. The van der Waals surface area contributed by atoms with Crippen molar-refractivity contribution in [1.82, 2.24) is 10.3 Å². The number of amides is 1. The number of piperidine rings is 1. The Morgan fingerprint density at radius 2 is 2.42 bits per heavy atom. The standard InChI is InChI=1S/C14H22N4O/c1-3-18(11-5-4-7-16-9-11)14-12(13(15)19)10(2)6-8-17-14/h6,8,11,16H,3-5,7,9H2,1-2H3,(H2,15,19). The molecular weight excluding hydrogens is 240 g/mol. The summed E-state index contributed by atoms with van der Waals surface area (Å²) in [7, 11) is 0. The Kier molecular flexibility index (Phi) is 4.37. The smallest absolute Gasteiger partial charge is 0.252 e. The van der Waals surface area contributed by atoms with Gasteiger partial charge >= 0.3 is 0 Å². The quantitative estimate of drug-likeness (QED) is 0.851. The molecular formula is C14H22N4O. The van der Waals surface area contributed by atoms with Gasteiger partial charge in [0.2, 0.25) is 0 Å². The van der Waals surface area contributed by atoms with E-state index in [9.17, 15) is 4.79 Å². The van der Waals surface area contributed by atoms with Gasteiger partial charge in [-0.2, -0.15) is 0 Å². The highest BCUT2D eigenvalue weighted by Crippen LogP contribution is 2.24. The average molecular weight is 262 g/mol. The molecule has 19 heavy (non-hydrogen) atoms. The highest BCUT2D eigenvalue weighted by Gasteiger charge is 2.25. The number of nitrogens with zero attached hydrogens (tertiary/aromatic N) is 2. The van der Waals surface area contributed by atoms with E-state index in [2.05, 4.69) is 22.1 Å². The third-order valence-corrected chi connectivity index (χ3v) is 3.71. The van der Waals surface area contributed by atoms with Crippen LogP contribution in [0, 0.1) is 6.92 Å². The summed E-state index contributed by atoms with van der Waals surface area (Å²) >= 11 is 0. The zero-order chi connectivity index (χ0) is 13.8. The molecule has 1 fully saturated rings. The van der Waals surface area contributed by atoms with Gasteiger partial charge in [-0.3, -0.25) is 4.79 Å². The van der Waals surface area contributed by atoms with E-state index in [0.29, 0.717) is 11.6 Å². The van der Waals surface area contributed by atoms with E-state index in [1.54, 1.807) is 6.20 Å². The molecule has 0 saturated carbocycles. The Labute approximate surface area is 114 Å². The minimum absolute atomic E-state index is 0.381. The molecule has 1 aliphatic heterocycles. The van der Waals surface area contributed by atoms with Gasteiger partial charge in [0.05, 0.1) is 5.56 Å². The summed E-state index contributed by atoms with van der Waals surface area (Å²) in [6, 6.07) is 2.21. The van der Waals surface area contributed by atoms with Gasteiger partial charge in [0, 0.05) is 25.3 Å². The molecule has 0 radical (unpaired) electrons. The van der Waals surface area contributed by atoms with Gasteiger partial charge in [-0.05, 0) is 44.9 Å². The van der Waals surface area contributed by atoms with Crippen molar-refractivity contribution in [1.29, 1.82) is 0 Å². The van der Waals surface area contributed by atoms with Crippen LogP contribution in [0.1, 0.15) is 35.7 Å². The van der Waals surface area contributed by atoms with Gasteiger partial charge in [-0.15, -0.1) is 0 Å². The fourth-order valence-electron chi connectivity index (χ4n) is 2.75. The minimum Gasteiger partial charge on any atom is -0.365 e. The lowest BCUT2D eigenvalue weighted by molar-refractivity contribution is 0.0999. The molecule has 1 aromatic rings. The number of carbonyl (C=O) groups is 1. The molecule has 2 rings (SSSR count). The van der Waals surface area contributed by atoms with Crippen LogP contribution in [0.2, 0.25) is 0 Å². The molecule has 1 saturated heterocycles. The average Bonchev–Trinajstić information content (AvgIpc) is 2.40. The topological polar surface area (TPSA) is 71.2 Å². The van der Waals surface area contributed by atoms with Crippen molar-refractivity contribution in [2.75, 3.05) is 24.5 Å². The lowest BCUT2D eigenvalue weighted by Crippen LogP contribution is -2.47.